The van der Waals surface area contributed by atoms with Crippen LogP contribution in [0.5, 0.6) is 5.75 Å². The molecule has 17 heavy (non-hydrogen) atoms. The molecule has 1 heterocycles. The van der Waals surface area contributed by atoms with Gasteiger partial charge in [0.15, 0.2) is 0 Å². The third-order valence-electron chi connectivity index (χ3n) is 4.20. The second-order valence-electron chi connectivity index (χ2n) is 5.22. The molecule has 1 unspecified atom stereocenters. The standard InChI is InChI=1S/C15H21NO/c1-17-15-13-6-2-4-11(13)7-8-14(15)12-5-3-9-16-10-12/h7-8,12,16H,2-6,9-10H2,1H3. The summed E-state index contributed by atoms with van der Waals surface area (Å²) in [5, 5.41) is 3.50. The van der Waals surface area contributed by atoms with Crippen molar-refractivity contribution in [1.29, 1.82) is 0 Å². The fourth-order valence-electron chi connectivity index (χ4n) is 3.33. The van der Waals surface area contributed by atoms with Gasteiger partial charge >= 0.3 is 0 Å². The molecule has 0 amide bonds. The van der Waals surface area contributed by atoms with Crippen LogP contribution in [0.4, 0.5) is 0 Å². The highest BCUT2D eigenvalue weighted by atomic mass is 16.5. The Morgan fingerprint density at radius 1 is 1.24 bits per heavy atom. The minimum atomic E-state index is 0.643. The molecule has 1 aliphatic carbocycles. The van der Waals surface area contributed by atoms with Crippen molar-refractivity contribution in [3.05, 3.63) is 28.8 Å². The van der Waals surface area contributed by atoms with E-state index in [0.29, 0.717) is 5.92 Å². The highest BCUT2D eigenvalue weighted by Gasteiger charge is 2.24. The van der Waals surface area contributed by atoms with E-state index in [2.05, 4.69) is 17.4 Å². The summed E-state index contributed by atoms with van der Waals surface area (Å²) in [6, 6.07) is 4.63. The van der Waals surface area contributed by atoms with Crippen LogP contribution in [0.25, 0.3) is 0 Å². The second-order valence-corrected chi connectivity index (χ2v) is 5.22. The van der Waals surface area contributed by atoms with Gasteiger partial charge in [-0.15, -0.1) is 0 Å². The lowest BCUT2D eigenvalue weighted by molar-refractivity contribution is 0.388. The predicted molar refractivity (Wildman–Crippen MR) is 69.9 cm³/mol. The second kappa shape index (κ2) is 4.69. The van der Waals surface area contributed by atoms with Gasteiger partial charge in [0.05, 0.1) is 7.11 Å². The molecular formula is C15H21NO. The average Bonchev–Trinajstić information content (AvgIpc) is 2.86. The number of hydrogen-bond donors (Lipinski definition) is 1. The number of piperidine rings is 1. The number of rotatable bonds is 2. The minimum absolute atomic E-state index is 0.643. The Labute approximate surface area is 103 Å². The molecule has 2 nitrogen and oxygen atoms in total. The predicted octanol–water partition coefficient (Wildman–Crippen LogP) is 2.65. The number of ether oxygens (including phenoxy) is 1. The molecule has 0 radical (unpaired) electrons. The largest absolute Gasteiger partial charge is 0.496 e. The van der Waals surface area contributed by atoms with Crippen molar-refractivity contribution < 1.29 is 4.74 Å². The summed E-state index contributed by atoms with van der Waals surface area (Å²) in [4.78, 5) is 0. The maximum atomic E-state index is 5.71. The Kier molecular flexibility index (Phi) is 3.06. The van der Waals surface area contributed by atoms with Gasteiger partial charge in [-0.05, 0) is 55.3 Å². The molecule has 1 fully saturated rings. The quantitative estimate of drug-likeness (QED) is 0.845. The van der Waals surface area contributed by atoms with Gasteiger partial charge in [0.25, 0.3) is 0 Å². The zero-order chi connectivity index (χ0) is 11.7. The number of fused-ring (bicyclic) bond motifs is 1. The van der Waals surface area contributed by atoms with E-state index in [1.165, 1.54) is 61.1 Å². The fraction of sp³-hybridized carbons (Fsp3) is 0.600. The van der Waals surface area contributed by atoms with E-state index in [1.807, 2.05) is 7.11 Å². The van der Waals surface area contributed by atoms with Crippen molar-refractivity contribution >= 4 is 0 Å². The average molecular weight is 231 g/mol. The van der Waals surface area contributed by atoms with E-state index < -0.39 is 0 Å². The van der Waals surface area contributed by atoms with Crippen molar-refractivity contribution in [1.82, 2.24) is 5.32 Å². The Morgan fingerprint density at radius 3 is 2.94 bits per heavy atom. The van der Waals surface area contributed by atoms with Crippen LogP contribution >= 0.6 is 0 Å². The van der Waals surface area contributed by atoms with Crippen LogP contribution < -0.4 is 10.1 Å². The van der Waals surface area contributed by atoms with Crippen LogP contribution in [0.3, 0.4) is 0 Å². The zero-order valence-electron chi connectivity index (χ0n) is 10.6. The lowest BCUT2D eigenvalue weighted by Crippen LogP contribution is -2.28. The van der Waals surface area contributed by atoms with Crippen molar-refractivity contribution in [3.63, 3.8) is 0 Å². The number of hydrogen-bond acceptors (Lipinski definition) is 2. The van der Waals surface area contributed by atoms with Gasteiger partial charge in [-0.25, -0.2) is 0 Å². The van der Waals surface area contributed by atoms with Gasteiger partial charge in [0.1, 0.15) is 5.75 Å². The number of methoxy groups -OCH3 is 1. The first-order valence-corrected chi connectivity index (χ1v) is 6.79. The van der Waals surface area contributed by atoms with Crippen LogP contribution in [0.2, 0.25) is 0 Å². The van der Waals surface area contributed by atoms with E-state index >= 15 is 0 Å². The molecule has 1 atom stereocenters. The first kappa shape index (κ1) is 11.1. The summed E-state index contributed by atoms with van der Waals surface area (Å²) in [6.07, 6.45) is 6.30. The highest BCUT2D eigenvalue weighted by Crippen LogP contribution is 2.38. The molecule has 0 spiro atoms. The van der Waals surface area contributed by atoms with Crippen molar-refractivity contribution in [3.8, 4) is 5.75 Å². The van der Waals surface area contributed by atoms with E-state index in [4.69, 9.17) is 4.74 Å². The molecule has 2 aliphatic rings. The monoisotopic (exact) mass is 231 g/mol. The highest BCUT2D eigenvalue weighted by molar-refractivity contribution is 5.50. The van der Waals surface area contributed by atoms with Crippen LogP contribution in [-0.2, 0) is 12.8 Å². The lowest BCUT2D eigenvalue weighted by Gasteiger charge is -2.25. The summed E-state index contributed by atoms with van der Waals surface area (Å²) in [5.74, 6) is 1.83. The van der Waals surface area contributed by atoms with Gasteiger partial charge in [-0.2, -0.15) is 0 Å². The fourth-order valence-corrected chi connectivity index (χ4v) is 3.33. The SMILES string of the molecule is COc1c(C2CCCNC2)ccc2c1CCC2. The lowest BCUT2D eigenvalue weighted by atomic mass is 9.89. The third-order valence-corrected chi connectivity index (χ3v) is 4.20. The molecule has 2 heteroatoms. The molecule has 1 N–H and O–H groups in total. The van der Waals surface area contributed by atoms with Crippen molar-refractivity contribution in [2.75, 3.05) is 20.2 Å². The van der Waals surface area contributed by atoms with Gasteiger partial charge in [-0.1, -0.05) is 12.1 Å². The normalized spacial score (nSPS) is 23.5. The van der Waals surface area contributed by atoms with Crippen molar-refractivity contribution in [2.24, 2.45) is 0 Å². The smallest absolute Gasteiger partial charge is 0.125 e. The van der Waals surface area contributed by atoms with E-state index in [0.717, 1.165) is 6.54 Å². The number of nitrogens with one attached hydrogen (secondary N) is 1. The molecule has 1 aromatic rings. The summed E-state index contributed by atoms with van der Waals surface area (Å²) < 4.78 is 5.71. The number of benzene rings is 1. The maximum Gasteiger partial charge on any atom is 0.125 e. The third kappa shape index (κ3) is 1.95. The molecule has 0 saturated carbocycles. The molecule has 1 saturated heterocycles. The summed E-state index contributed by atoms with van der Waals surface area (Å²) >= 11 is 0. The summed E-state index contributed by atoms with van der Waals surface area (Å²) in [6.45, 7) is 2.28. The Bertz CT molecular complexity index is 408. The zero-order valence-corrected chi connectivity index (χ0v) is 10.6. The minimum Gasteiger partial charge on any atom is -0.496 e. The number of aryl methyl sites for hydroxylation is 1. The molecule has 92 valence electrons. The van der Waals surface area contributed by atoms with Crippen LogP contribution in [-0.4, -0.2) is 20.2 Å². The Balaban J connectivity index is 1.98. The molecular weight excluding hydrogens is 210 g/mol. The Hall–Kier alpha value is -1.02. The van der Waals surface area contributed by atoms with E-state index in [9.17, 15) is 0 Å². The first-order chi connectivity index (χ1) is 8.40. The summed E-state index contributed by atoms with van der Waals surface area (Å²) in [7, 11) is 1.83. The molecule has 1 aliphatic heterocycles. The van der Waals surface area contributed by atoms with Crippen LogP contribution in [0.1, 0.15) is 41.9 Å². The molecule has 0 bridgehead atoms. The summed E-state index contributed by atoms with van der Waals surface area (Å²) in [5.41, 5.74) is 4.42. The topological polar surface area (TPSA) is 21.3 Å². The molecule has 3 rings (SSSR count). The molecule has 1 aromatic carbocycles. The van der Waals surface area contributed by atoms with Crippen molar-refractivity contribution in [2.45, 2.75) is 38.0 Å². The first-order valence-electron chi connectivity index (χ1n) is 6.79. The maximum absolute atomic E-state index is 5.71. The van der Waals surface area contributed by atoms with E-state index in [1.54, 1.807) is 0 Å². The van der Waals surface area contributed by atoms with Crippen LogP contribution in [0.15, 0.2) is 12.1 Å². The van der Waals surface area contributed by atoms with Gasteiger partial charge in [0, 0.05) is 12.5 Å². The van der Waals surface area contributed by atoms with Gasteiger partial charge in [0.2, 0.25) is 0 Å². The van der Waals surface area contributed by atoms with Gasteiger partial charge in [-0.3, -0.25) is 0 Å². The van der Waals surface area contributed by atoms with E-state index in [-0.39, 0.29) is 0 Å². The van der Waals surface area contributed by atoms with Gasteiger partial charge < -0.3 is 10.1 Å². The Morgan fingerprint density at radius 2 is 2.18 bits per heavy atom. The molecule has 0 aromatic heterocycles. The van der Waals surface area contributed by atoms with Crippen LogP contribution in [0, 0.1) is 0 Å².